The minimum Gasteiger partial charge on any atom is -0.497 e. The second-order valence-corrected chi connectivity index (χ2v) is 7.83. The SMILES string of the molecule is CCNc1ccc([C@@H](CNCc2ccc(OC)cc2)NC(=O)OC(C)(C)C)cc1. The largest absolute Gasteiger partial charge is 0.497 e. The summed E-state index contributed by atoms with van der Waals surface area (Å²) >= 11 is 0. The molecule has 6 heteroatoms. The monoisotopic (exact) mass is 399 g/mol. The van der Waals surface area contributed by atoms with Crippen molar-refractivity contribution in [3.8, 4) is 5.75 Å². The molecule has 29 heavy (non-hydrogen) atoms. The minimum atomic E-state index is -0.542. The fourth-order valence-electron chi connectivity index (χ4n) is 2.84. The number of hydrogen-bond acceptors (Lipinski definition) is 5. The van der Waals surface area contributed by atoms with Gasteiger partial charge in [0.1, 0.15) is 11.4 Å². The molecule has 0 bridgehead atoms. The highest BCUT2D eigenvalue weighted by Gasteiger charge is 2.20. The van der Waals surface area contributed by atoms with Gasteiger partial charge in [0, 0.05) is 25.3 Å². The van der Waals surface area contributed by atoms with Crippen molar-refractivity contribution in [2.24, 2.45) is 0 Å². The van der Waals surface area contributed by atoms with Crippen molar-refractivity contribution in [1.82, 2.24) is 10.6 Å². The Morgan fingerprint density at radius 3 is 2.24 bits per heavy atom. The Balaban J connectivity index is 2.03. The van der Waals surface area contributed by atoms with Gasteiger partial charge in [0.15, 0.2) is 0 Å². The van der Waals surface area contributed by atoms with Crippen LogP contribution in [0.1, 0.15) is 44.9 Å². The Morgan fingerprint density at radius 2 is 1.69 bits per heavy atom. The third-order valence-corrected chi connectivity index (χ3v) is 4.22. The molecule has 0 saturated carbocycles. The lowest BCUT2D eigenvalue weighted by molar-refractivity contribution is 0.0503. The van der Waals surface area contributed by atoms with Gasteiger partial charge in [-0.15, -0.1) is 0 Å². The Bertz CT molecular complexity index is 752. The van der Waals surface area contributed by atoms with Gasteiger partial charge >= 0.3 is 6.09 Å². The van der Waals surface area contributed by atoms with Crippen LogP contribution < -0.4 is 20.7 Å². The van der Waals surface area contributed by atoms with Crippen LogP contribution in [0.3, 0.4) is 0 Å². The van der Waals surface area contributed by atoms with Crippen molar-refractivity contribution in [2.75, 3.05) is 25.5 Å². The predicted octanol–water partition coefficient (Wildman–Crippen LogP) is 4.48. The van der Waals surface area contributed by atoms with Crippen LogP contribution in [0, 0.1) is 0 Å². The van der Waals surface area contributed by atoms with E-state index in [1.807, 2.05) is 69.3 Å². The molecule has 158 valence electrons. The molecule has 2 aromatic carbocycles. The molecule has 0 heterocycles. The standard InChI is InChI=1S/C23H33N3O3/c1-6-25-19-11-9-18(10-12-19)21(26-22(27)29-23(2,3)4)16-24-15-17-7-13-20(28-5)14-8-17/h7-14,21,24-25H,6,15-16H2,1-5H3,(H,26,27)/t21-/m1/s1. The smallest absolute Gasteiger partial charge is 0.408 e. The minimum absolute atomic E-state index is 0.209. The number of hydrogen-bond donors (Lipinski definition) is 3. The molecule has 0 unspecified atom stereocenters. The first-order valence-corrected chi connectivity index (χ1v) is 9.97. The maximum atomic E-state index is 12.3. The maximum Gasteiger partial charge on any atom is 0.408 e. The van der Waals surface area contributed by atoms with Crippen molar-refractivity contribution in [3.63, 3.8) is 0 Å². The molecule has 0 aromatic heterocycles. The zero-order valence-corrected chi connectivity index (χ0v) is 18.0. The topological polar surface area (TPSA) is 71.6 Å². The van der Waals surface area contributed by atoms with Gasteiger partial charge in [-0.05, 0) is 63.1 Å². The van der Waals surface area contributed by atoms with Crippen LogP contribution in [0.4, 0.5) is 10.5 Å². The highest BCUT2D eigenvalue weighted by atomic mass is 16.6. The molecule has 0 saturated heterocycles. The molecule has 0 aliphatic heterocycles. The summed E-state index contributed by atoms with van der Waals surface area (Å²) < 4.78 is 10.6. The molecule has 2 aromatic rings. The first-order chi connectivity index (χ1) is 13.8. The zero-order chi connectivity index (χ0) is 21.3. The number of rotatable bonds is 9. The lowest BCUT2D eigenvalue weighted by Gasteiger charge is -2.24. The van der Waals surface area contributed by atoms with Crippen molar-refractivity contribution < 1.29 is 14.3 Å². The number of methoxy groups -OCH3 is 1. The lowest BCUT2D eigenvalue weighted by Crippen LogP contribution is -2.39. The average molecular weight is 400 g/mol. The molecule has 3 N–H and O–H groups in total. The van der Waals surface area contributed by atoms with Crippen LogP contribution in [0.5, 0.6) is 5.75 Å². The summed E-state index contributed by atoms with van der Waals surface area (Å²) in [6, 6.07) is 15.8. The van der Waals surface area contributed by atoms with Crippen LogP contribution in [-0.4, -0.2) is 31.9 Å². The van der Waals surface area contributed by atoms with Crippen molar-refractivity contribution >= 4 is 11.8 Å². The molecule has 1 atom stereocenters. The van der Waals surface area contributed by atoms with E-state index in [9.17, 15) is 4.79 Å². The van der Waals surface area contributed by atoms with Gasteiger partial charge in [0.05, 0.1) is 13.2 Å². The molecule has 1 amide bonds. The number of alkyl carbamates (subject to hydrolysis) is 1. The molecule has 6 nitrogen and oxygen atoms in total. The fraction of sp³-hybridized carbons (Fsp3) is 0.435. The highest BCUT2D eigenvalue weighted by Crippen LogP contribution is 2.18. The van der Waals surface area contributed by atoms with Crippen LogP contribution in [0.15, 0.2) is 48.5 Å². The number of carbonyl (C=O) groups excluding carboxylic acids is 1. The first kappa shape index (κ1) is 22.6. The van der Waals surface area contributed by atoms with E-state index in [1.165, 1.54) is 0 Å². The number of carbonyl (C=O) groups is 1. The molecule has 0 spiro atoms. The van der Waals surface area contributed by atoms with Gasteiger partial charge in [-0.2, -0.15) is 0 Å². The first-order valence-electron chi connectivity index (χ1n) is 9.97. The molecule has 0 aliphatic carbocycles. The Morgan fingerprint density at radius 1 is 1.03 bits per heavy atom. The lowest BCUT2D eigenvalue weighted by atomic mass is 10.1. The van der Waals surface area contributed by atoms with E-state index in [2.05, 4.69) is 22.9 Å². The fourth-order valence-corrected chi connectivity index (χ4v) is 2.84. The number of nitrogens with one attached hydrogen (secondary N) is 3. The molecule has 0 aliphatic rings. The van der Waals surface area contributed by atoms with Crippen molar-refractivity contribution in [2.45, 2.75) is 45.9 Å². The zero-order valence-electron chi connectivity index (χ0n) is 18.0. The van der Waals surface area contributed by atoms with E-state index in [-0.39, 0.29) is 6.04 Å². The average Bonchev–Trinajstić information content (AvgIpc) is 2.67. The van der Waals surface area contributed by atoms with Gasteiger partial charge < -0.3 is 25.4 Å². The van der Waals surface area contributed by atoms with Crippen LogP contribution in [0.2, 0.25) is 0 Å². The molecule has 0 fully saturated rings. The second kappa shape index (κ2) is 10.7. The summed E-state index contributed by atoms with van der Waals surface area (Å²) in [7, 11) is 1.65. The third-order valence-electron chi connectivity index (χ3n) is 4.22. The second-order valence-electron chi connectivity index (χ2n) is 7.83. The summed E-state index contributed by atoms with van der Waals surface area (Å²) in [5.74, 6) is 0.832. The van der Waals surface area contributed by atoms with Gasteiger partial charge in [0.25, 0.3) is 0 Å². The van der Waals surface area contributed by atoms with E-state index >= 15 is 0 Å². The third kappa shape index (κ3) is 8.03. The highest BCUT2D eigenvalue weighted by molar-refractivity contribution is 5.68. The van der Waals surface area contributed by atoms with E-state index < -0.39 is 11.7 Å². The summed E-state index contributed by atoms with van der Waals surface area (Å²) in [5.41, 5.74) is 2.67. The summed E-state index contributed by atoms with van der Waals surface area (Å²) in [6.07, 6.45) is -0.426. The van der Waals surface area contributed by atoms with E-state index in [1.54, 1.807) is 7.11 Å². The van der Waals surface area contributed by atoms with Gasteiger partial charge in [-0.25, -0.2) is 4.79 Å². The van der Waals surface area contributed by atoms with Gasteiger partial charge in [0.2, 0.25) is 0 Å². The van der Waals surface area contributed by atoms with E-state index in [0.29, 0.717) is 13.1 Å². The quantitative estimate of drug-likeness (QED) is 0.580. The summed E-state index contributed by atoms with van der Waals surface area (Å²) in [5, 5.41) is 9.68. The van der Waals surface area contributed by atoms with E-state index in [4.69, 9.17) is 9.47 Å². The van der Waals surface area contributed by atoms with E-state index in [0.717, 1.165) is 29.1 Å². The van der Waals surface area contributed by atoms with Crippen molar-refractivity contribution in [1.29, 1.82) is 0 Å². The number of amides is 1. The Hall–Kier alpha value is -2.73. The molecule has 2 rings (SSSR count). The number of ether oxygens (including phenoxy) is 2. The predicted molar refractivity (Wildman–Crippen MR) is 117 cm³/mol. The van der Waals surface area contributed by atoms with Crippen LogP contribution >= 0.6 is 0 Å². The van der Waals surface area contributed by atoms with Crippen LogP contribution in [0.25, 0.3) is 0 Å². The summed E-state index contributed by atoms with van der Waals surface area (Å²) in [6.45, 7) is 9.75. The Labute approximate surface area is 174 Å². The summed E-state index contributed by atoms with van der Waals surface area (Å²) in [4.78, 5) is 12.3. The normalized spacial score (nSPS) is 12.2. The van der Waals surface area contributed by atoms with Gasteiger partial charge in [-0.1, -0.05) is 24.3 Å². The van der Waals surface area contributed by atoms with Crippen molar-refractivity contribution in [3.05, 3.63) is 59.7 Å². The van der Waals surface area contributed by atoms with Crippen LogP contribution in [-0.2, 0) is 11.3 Å². The maximum absolute atomic E-state index is 12.3. The van der Waals surface area contributed by atoms with Gasteiger partial charge in [-0.3, -0.25) is 0 Å². The number of anilines is 1. The molecular weight excluding hydrogens is 366 g/mol. The molecular formula is C23H33N3O3. The molecule has 0 radical (unpaired) electrons. The Kier molecular flexibility index (Phi) is 8.34. The number of benzene rings is 2.